The highest BCUT2D eigenvalue weighted by molar-refractivity contribution is 7.07. The zero-order chi connectivity index (χ0) is 18.2. The van der Waals surface area contributed by atoms with Crippen molar-refractivity contribution >= 4 is 23.3 Å². The number of thiazole rings is 1. The molecular weight excluding hydrogens is 336 g/mol. The summed E-state index contributed by atoms with van der Waals surface area (Å²) >= 11 is 1.42. The van der Waals surface area contributed by atoms with Gasteiger partial charge in [0.1, 0.15) is 0 Å². The van der Waals surface area contributed by atoms with Crippen LogP contribution in [0.25, 0.3) is 6.08 Å². The number of hydrogen-bond donors (Lipinski definition) is 0. The van der Waals surface area contributed by atoms with Crippen LogP contribution < -0.4 is 14.3 Å². The zero-order valence-corrected chi connectivity index (χ0v) is 15.9. The molecule has 1 aromatic carbocycles. The Labute approximate surface area is 152 Å². The van der Waals surface area contributed by atoms with Crippen molar-refractivity contribution in [2.45, 2.75) is 20.8 Å². The molecule has 0 fully saturated rings. The van der Waals surface area contributed by atoms with Gasteiger partial charge < -0.3 is 14.0 Å². The van der Waals surface area contributed by atoms with Gasteiger partial charge in [0, 0.05) is 24.7 Å². The van der Waals surface area contributed by atoms with Crippen molar-refractivity contribution in [3.63, 3.8) is 0 Å². The molecule has 0 saturated carbocycles. The van der Waals surface area contributed by atoms with Crippen LogP contribution in [0.4, 0.5) is 0 Å². The third-order valence-corrected chi connectivity index (χ3v) is 4.07. The summed E-state index contributed by atoms with van der Waals surface area (Å²) in [6.07, 6.45) is 5.05. The first-order chi connectivity index (χ1) is 12.0. The van der Waals surface area contributed by atoms with Crippen molar-refractivity contribution in [3.8, 4) is 11.5 Å². The van der Waals surface area contributed by atoms with E-state index < -0.39 is 0 Å². The fourth-order valence-electron chi connectivity index (χ4n) is 2.01. The normalized spacial score (nSPS) is 12.1. The van der Waals surface area contributed by atoms with E-state index in [4.69, 9.17) is 9.47 Å². The summed E-state index contributed by atoms with van der Waals surface area (Å²) in [7, 11) is 1.86. The van der Waals surface area contributed by atoms with Gasteiger partial charge >= 0.3 is 0 Å². The number of carbonyl (C=O) groups is 1. The van der Waals surface area contributed by atoms with Crippen LogP contribution in [0.3, 0.4) is 0 Å². The van der Waals surface area contributed by atoms with E-state index in [-0.39, 0.29) is 5.91 Å². The average molecular weight is 360 g/mol. The van der Waals surface area contributed by atoms with E-state index in [1.165, 1.54) is 17.4 Å². The summed E-state index contributed by atoms with van der Waals surface area (Å²) < 4.78 is 13.2. The van der Waals surface area contributed by atoms with Gasteiger partial charge in [0.15, 0.2) is 16.3 Å². The number of hydrogen-bond acceptors (Lipinski definition) is 4. The molecule has 25 heavy (non-hydrogen) atoms. The lowest BCUT2D eigenvalue weighted by Crippen LogP contribution is -2.11. The van der Waals surface area contributed by atoms with Crippen LogP contribution in [0.5, 0.6) is 11.5 Å². The monoisotopic (exact) mass is 360 g/mol. The molecular formula is C19H24N2O3S. The van der Waals surface area contributed by atoms with E-state index in [0.29, 0.717) is 35.4 Å². The fourth-order valence-corrected chi connectivity index (χ4v) is 2.74. The van der Waals surface area contributed by atoms with Crippen LogP contribution in [-0.2, 0) is 11.8 Å². The molecule has 1 heterocycles. The molecule has 0 aliphatic carbocycles. The molecule has 134 valence electrons. The average Bonchev–Trinajstić information content (AvgIpc) is 2.97. The Balaban J connectivity index is 2.14. The Morgan fingerprint density at radius 2 is 2.12 bits per heavy atom. The highest BCUT2D eigenvalue weighted by Gasteiger charge is 2.07. The van der Waals surface area contributed by atoms with Crippen LogP contribution in [0.15, 0.2) is 40.8 Å². The van der Waals surface area contributed by atoms with Gasteiger partial charge in [-0.15, -0.1) is 11.3 Å². The number of aromatic nitrogens is 1. The number of benzene rings is 1. The Bertz CT molecular complexity index is 803. The van der Waals surface area contributed by atoms with Gasteiger partial charge in [-0.2, -0.15) is 4.99 Å². The van der Waals surface area contributed by atoms with E-state index in [2.05, 4.69) is 18.8 Å². The minimum atomic E-state index is -0.295. The van der Waals surface area contributed by atoms with E-state index in [0.717, 1.165) is 5.56 Å². The van der Waals surface area contributed by atoms with Crippen molar-refractivity contribution in [3.05, 3.63) is 46.2 Å². The second-order valence-electron chi connectivity index (χ2n) is 5.92. The first kappa shape index (κ1) is 19.0. The van der Waals surface area contributed by atoms with Gasteiger partial charge in [0.05, 0.1) is 13.2 Å². The maximum Gasteiger partial charge on any atom is 0.272 e. The molecule has 0 aliphatic rings. The summed E-state index contributed by atoms with van der Waals surface area (Å²) in [4.78, 5) is 16.7. The van der Waals surface area contributed by atoms with E-state index in [1.54, 1.807) is 6.08 Å². The second-order valence-corrected chi connectivity index (χ2v) is 6.80. The molecule has 0 atom stereocenters. The molecule has 0 unspecified atom stereocenters. The third-order valence-electron chi connectivity index (χ3n) is 3.22. The third kappa shape index (κ3) is 5.90. The highest BCUT2D eigenvalue weighted by Crippen LogP contribution is 2.29. The predicted octanol–water partition coefficient (Wildman–Crippen LogP) is 3.66. The molecule has 0 radical (unpaired) electrons. The van der Waals surface area contributed by atoms with E-state index in [9.17, 15) is 4.79 Å². The van der Waals surface area contributed by atoms with Crippen LogP contribution in [0.2, 0.25) is 0 Å². The number of aryl methyl sites for hydroxylation is 1. The number of rotatable bonds is 7. The molecule has 1 aromatic heterocycles. The SMILES string of the molecule is CCOc1cc(/C=C/C(=O)N=c2sccn2C)ccc1OCC(C)C. The lowest BCUT2D eigenvalue weighted by Gasteiger charge is -2.13. The lowest BCUT2D eigenvalue weighted by molar-refractivity contribution is -0.113. The van der Waals surface area contributed by atoms with E-state index in [1.807, 2.05) is 48.3 Å². The first-order valence-electron chi connectivity index (χ1n) is 8.26. The fraction of sp³-hybridized carbons (Fsp3) is 0.368. The maximum atomic E-state index is 12.0. The molecule has 2 rings (SSSR count). The largest absolute Gasteiger partial charge is 0.490 e. The Hall–Kier alpha value is -2.34. The Morgan fingerprint density at radius 1 is 1.32 bits per heavy atom. The molecule has 0 spiro atoms. The summed E-state index contributed by atoms with van der Waals surface area (Å²) in [6, 6.07) is 5.63. The summed E-state index contributed by atoms with van der Waals surface area (Å²) in [5, 5.41) is 1.89. The molecule has 2 aromatic rings. The van der Waals surface area contributed by atoms with Gasteiger partial charge in [0.2, 0.25) is 0 Å². The molecule has 6 heteroatoms. The summed E-state index contributed by atoms with van der Waals surface area (Å²) in [5.74, 6) is 1.54. The maximum absolute atomic E-state index is 12.0. The highest BCUT2D eigenvalue weighted by atomic mass is 32.1. The Morgan fingerprint density at radius 3 is 2.76 bits per heavy atom. The zero-order valence-electron chi connectivity index (χ0n) is 15.1. The van der Waals surface area contributed by atoms with Crippen molar-refractivity contribution in [2.24, 2.45) is 18.0 Å². The smallest absolute Gasteiger partial charge is 0.272 e. The summed E-state index contributed by atoms with van der Waals surface area (Å²) in [5.41, 5.74) is 0.861. The number of nitrogens with zero attached hydrogens (tertiary/aromatic N) is 2. The molecule has 0 saturated heterocycles. The number of carbonyl (C=O) groups excluding carboxylic acids is 1. The van der Waals surface area contributed by atoms with Gasteiger partial charge in [-0.1, -0.05) is 19.9 Å². The summed E-state index contributed by atoms with van der Waals surface area (Å²) in [6.45, 7) is 7.30. The van der Waals surface area contributed by atoms with Crippen molar-refractivity contribution in [1.29, 1.82) is 0 Å². The quantitative estimate of drug-likeness (QED) is 0.708. The van der Waals surface area contributed by atoms with Crippen LogP contribution >= 0.6 is 11.3 Å². The number of ether oxygens (including phenoxy) is 2. The molecule has 0 bridgehead atoms. The second kappa shape index (κ2) is 9.22. The molecule has 5 nitrogen and oxygen atoms in total. The van der Waals surface area contributed by atoms with Crippen LogP contribution in [0.1, 0.15) is 26.3 Å². The predicted molar refractivity (Wildman–Crippen MR) is 101 cm³/mol. The van der Waals surface area contributed by atoms with Crippen LogP contribution in [0, 0.1) is 5.92 Å². The van der Waals surface area contributed by atoms with E-state index >= 15 is 0 Å². The lowest BCUT2D eigenvalue weighted by atomic mass is 10.2. The van der Waals surface area contributed by atoms with Gasteiger partial charge in [0.25, 0.3) is 5.91 Å². The first-order valence-corrected chi connectivity index (χ1v) is 9.14. The molecule has 0 N–H and O–H groups in total. The van der Waals surface area contributed by atoms with Gasteiger partial charge in [-0.3, -0.25) is 4.79 Å². The number of amides is 1. The van der Waals surface area contributed by atoms with Gasteiger partial charge in [-0.05, 0) is 36.6 Å². The van der Waals surface area contributed by atoms with Crippen molar-refractivity contribution in [2.75, 3.05) is 13.2 Å². The topological polar surface area (TPSA) is 52.8 Å². The van der Waals surface area contributed by atoms with Gasteiger partial charge in [-0.25, -0.2) is 0 Å². The van der Waals surface area contributed by atoms with Crippen molar-refractivity contribution in [1.82, 2.24) is 4.57 Å². The molecule has 0 aliphatic heterocycles. The Kier molecular flexibility index (Phi) is 7.01. The minimum absolute atomic E-state index is 0.295. The minimum Gasteiger partial charge on any atom is -0.490 e. The standard InChI is InChI=1S/C19H24N2O3S/c1-5-23-17-12-15(6-8-16(17)24-13-14(2)3)7-9-18(22)20-19-21(4)10-11-25-19/h6-12,14H,5,13H2,1-4H3/b9-7+,20-19?. The van der Waals surface area contributed by atoms with Crippen molar-refractivity contribution < 1.29 is 14.3 Å². The van der Waals surface area contributed by atoms with Crippen LogP contribution in [-0.4, -0.2) is 23.7 Å². The molecule has 1 amide bonds.